The number of methoxy groups -OCH3 is 1. The Balaban J connectivity index is 2.88. The van der Waals surface area contributed by atoms with Crippen LogP contribution < -0.4 is 5.32 Å². The second-order valence-electron chi connectivity index (χ2n) is 5.63. The maximum Gasteiger partial charge on any atom is 0.0524 e. The molecule has 2 atom stereocenters. The second-order valence-corrected chi connectivity index (χ2v) is 5.63. The minimum absolute atomic E-state index is 0.383. The molecule has 1 aliphatic heterocycles. The molecule has 0 aromatic rings. The number of ether oxygens (including phenoxy) is 1. The summed E-state index contributed by atoms with van der Waals surface area (Å²) in [6, 6.07) is 0. The zero-order valence-corrected chi connectivity index (χ0v) is 11.0. The summed E-state index contributed by atoms with van der Waals surface area (Å²) >= 11 is 0. The minimum atomic E-state index is 0.383. The Kier molecular flexibility index (Phi) is 4.60. The zero-order valence-electron chi connectivity index (χ0n) is 11.0. The van der Waals surface area contributed by atoms with Crippen LogP contribution in [-0.2, 0) is 4.74 Å². The summed E-state index contributed by atoms with van der Waals surface area (Å²) in [6.07, 6.45) is 1.25. The molecule has 0 radical (unpaired) electrons. The smallest absolute Gasteiger partial charge is 0.0524 e. The van der Waals surface area contributed by atoms with Gasteiger partial charge in [0.2, 0.25) is 0 Å². The molecule has 0 spiro atoms. The number of hydrogen-bond acceptors (Lipinski definition) is 2. The van der Waals surface area contributed by atoms with Crippen LogP contribution in [0, 0.1) is 23.2 Å². The van der Waals surface area contributed by atoms with E-state index in [0.29, 0.717) is 11.3 Å². The maximum absolute atomic E-state index is 5.50. The second kappa shape index (κ2) is 5.31. The van der Waals surface area contributed by atoms with Crippen LogP contribution in [0.25, 0.3) is 0 Å². The van der Waals surface area contributed by atoms with Crippen molar-refractivity contribution >= 4 is 0 Å². The normalized spacial score (nSPS) is 32.6. The first-order valence-corrected chi connectivity index (χ1v) is 6.24. The topological polar surface area (TPSA) is 21.3 Å². The Hall–Kier alpha value is -0.0800. The predicted molar refractivity (Wildman–Crippen MR) is 65.0 cm³/mol. The van der Waals surface area contributed by atoms with Gasteiger partial charge in [-0.1, -0.05) is 27.7 Å². The molecule has 2 unspecified atom stereocenters. The van der Waals surface area contributed by atoms with Gasteiger partial charge in [0.05, 0.1) is 6.61 Å². The third-order valence-corrected chi connectivity index (χ3v) is 4.24. The van der Waals surface area contributed by atoms with Crippen molar-refractivity contribution in [2.45, 2.75) is 34.1 Å². The Bertz CT molecular complexity index is 187. The zero-order chi connectivity index (χ0) is 11.5. The standard InChI is InChI=1S/C13H27NO/c1-10(2)12-8-14-7-6-13(12,9-15-5)11(3)4/h10-12,14H,6-9H2,1-5H3. The molecule has 0 bridgehead atoms. The summed E-state index contributed by atoms with van der Waals surface area (Å²) in [6.45, 7) is 12.6. The van der Waals surface area contributed by atoms with E-state index in [1.54, 1.807) is 0 Å². The largest absolute Gasteiger partial charge is 0.384 e. The van der Waals surface area contributed by atoms with Gasteiger partial charge in [-0.3, -0.25) is 0 Å². The highest BCUT2D eigenvalue weighted by molar-refractivity contribution is 4.95. The van der Waals surface area contributed by atoms with Gasteiger partial charge < -0.3 is 10.1 Å². The molecule has 2 nitrogen and oxygen atoms in total. The summed E-state index contributed by atoms with van der Waals surface area (Å²) in [5.41, 5.74) is 0.383. The van der Waals surface area contributed by atoms with Crippen LogP contribution in [0.5, 0.6) is 0 Å². The molecular weight excluding hydrogens is 186 g/mol. The first-order valence-electron chi connectivity index (χ1n) is 6.24. The molecule has 0 aromatic heterocycles. The summed E-state index contributed by atoms with van der Waals surface area (Å²) < 4.78 is 5.50. The Morgan fingerprint density at radius 3 is 2.47 bits per heavy atom. The summed E-state index contributed by atoms with van der Waals surface area (Å²) in [5, 5.41) is 3.53. The SMILES string of the molecule is COCC1(C(C)C)CCNCC1C(C)C. The fourth-order valence-corrected chi connectivity index (χ4v) is 3.20. The van der Waals surface area contributed by atoms with Crippen molar-refractivity contribution in [3.05, 3.63) is 0 Å². The number of rotatable bonds is 4. The number of nitrogens with one attached hydrogen (secondary N) is 1. The lowest BCUT2D eigenvalue weighted by molar-refractivity contribution is -0.0446. The van der Waals surface area contributed by atoms with E-state index in [-0.39, 0.29) is 0 Å². The van der Waals surface area contributed by atoms with Gasteiger partial charge in [0, 0.05) is 12.5 Å². The van der Waals surface area contributed by atoms with Crippen molar-refractivity contribution in [3.8, 4) is 0 Å². The first-order chi connectivity index (χ1) is 7.04. The average molecular weight is 213 g/mol. The quantitative estimate of drug-likeness (QED) is 0.775. The lowest BCUT2D eigenvalue weighted by Crippen LogP contribution is -2.52. The number of piperidine rings is 1. The molecule has 2 heteroatoms. The molecule has 1 N–H and O–H groups in total. The van der Waals surface area contributed by atoms with Crippen LogP contribution in [-0.4, -0.2) is 26.8 Å². The third kappa shape index (κ3) is 2.54. The van der Waals surface area contributed by atoms with Crippen LogP contribution in [0.4, 0.5) is 0 Å². The van der Waals surface area contributed by atoms with Gasteiger partial charge in [0.25, 0.3) is 0 Å². The van der Waals surface area contributed by atoms with Crippen LogP contribution in [0.2, 0.25) is 0 Å². The summed E-state index contributed by atoms with van der Waals surface area (Å²) in [4.78, 5) is 0. The van der Waals surface area contributed by atoms with Crippen LogP contribution >= 0.6 is 0 Å². The van der Waals surface area contributed by atoms with Gasteiger partial charge in [-0.25, -0.2) is 0 Å². The minimum Gasteiger partial charge on any atom is -0.384 e. The van der Waals surface area contributed by atoms with Crippen molar-refractivity contribution in [1.29, 1.82) is 0 Å². The number of hydrogen-bond donors (Lipinski definition) is 1. The molecule has 0 amide bonds. The van der Waals surface area contributed by atoms with Crippen LogP contribution in [0.3, 0.4) is 0 Å². The van der Waals surface area contributed by atoms with E-state index in [1.807, 2.05) is 7.11 Å². The maximum atomic E-state index is 5.50. The van der Waals surface area contributed by atoms with Crippen molar-refractivity contribution in [3.63, 3.8) is 0 Å². The Morgan fingerprint density at radius 2 is 2.00 bits per heavy atom. The molecule has 0 saturated carbocycles. The van der Waals surface area contributed by atoms with Crippen LogP contribution in [0.1, 0.15) is 34.1 Å². The fraction of sp³-hybridized carbons (Fsp3) is 1.00. The van der Waals surface area contributed by atoms with E-state index in [2.05, 4.69) is 33.0 Å². The highest BCUT2D eigenvalue weighted by atomic mass is 16.5. The molecule has 0 aromatic carbocycles. The Labute approximate surface area is 94.8 Å². The van der Waals surface area contributed by atoms with Crippen molar-refractivity contribution in [1.82, 2.24) is 5.32 Å². The molecule has 1 rings (SSSR count). The molecule has 1 fully saturated rings. The van der Waals surface area contributed by atoms with Crippen molar-refractivity contribution < 1.29 is 4.74 Å². The first kappa shape index (κ1) is 13.0. The Morgan fingerprint density at radius 1 is 1.33 bits per heavy atom. The lowest BCUT2D eigenvalue weighted by atomic mass is 9.61. The predicted octanol–water partition coefficient (Wildman–Crippen LogP) is 2.54. The van der Waals surface area contributed by atoms with E-state index in [1.165, 1.54) is 6.42 Å². The molecule has 0 aliphatic carbocycles. The third-order valence-electron chi connectivity index (χ3n) is 4.24. The van der Waals surface area contributed by atoms with E-state index >= 15 is 0 Å². The van der Waals surface area contributed by atoms with Gasteiger partial charge in [0.1, 0.15) is 0 Å². The van der Waals surface area contributed by atoms with E-state index in [9.17, 15) is 0 Å². The molecule has 90 valence electrons. The molecular formula is C13H27NO. The fourth-order valence-electron chi connectivity index (χ4n) is 3.20. The molecule has 1 aliphatic rings. The van der Waals surface area contributed by atoms with Gasteiger partial charge >= 0.3 is 0 Å². The van der Waals surface area contributed by atoms with Crippen molar-refractivity contribution in [2.24, 2.45) is 23.2 Å². The molecule has 1 saturated heterocycles. The molecule has 1 heterocycles. The van der Waals surface area contributed by atoms with Gasteiger partial charge in [0.15, 0.2) is 0 Å². The lowest BCUT2D eigenvalue weighted by Gasteiger charge is -2.49. The summed E-state index contributed by atoms with van der Waals surface area (Å²) in [7, 11) is 1.84. The summed E-state index contributed by atoms with van der Waals surface area (Å²) in [5.74, 6) is 2.17. The van der Waals surface area contributed by atoms with E-state index in [4.69, 9.17) is 4.74 Å². The molecule has 15 heavy (non-hydrogen) atoms. The van der Waals surface area contributed by atoms with Gasteiger partial charge in [-0.05, 0) is 37.3 Å². The van der Waals surface area contributed by atoms with Gasteiger partial charge in [-0.2, -0.15) is 0 Å². The monoisotopic (exact) mass is 213 g/mol. The van der Waals surface area contributed by atoms with Gasteiger partial charge in [-0.15, -0.1) is 0 Å². The highest BCUT2D eigenvalue weighted by Crippen LogP contribution is 2.44. The highest BCUT2D eigenvalue weighted by Gasteiger charge is 2.44. The average Bonchev–Trinajstić information content (AvgIpc) is 2.18. The van der Waals surface area contributed by atoms with Crippen LogP contribution in [0.15, 0.2) is 0 Å². The van der Waals surface area contributed by atoms with E-state index in [0.717, 1.165) is 31.5 Å². The van der Waals surface area contributed by atoms with E-state index < -0.39 is 0 Å². The van der Waals surface area contributed by atoms with Crippen molar-refractivity contribution in [2.75, 3.05) is 26.8 Å².